The smallest absolute Gasteiger partial charge is 0.124 e. The Morgan fingerprint density at radius 1 is 1.26 bits per heavy atom. The summed E-state index contributed by atoms with van der Waals surface area (Å²) in [4.78, 5) is 0. The number of benzene rings is 2. The van der Waals surface area contributed by atoms with Crippen molar-refractivity contribution in [1.82, 2.24) is 0 Å². The Labute approximate surface area is 116 Å². The molecule has 0 fully saturated rings. The van der Waals surface area contributed by atoms with Crippen molar-refractivity contribution in [1.29, 1.82) is 5.26 Å². The fourth-order valence-electron chi connectivity index (χ4n) is 1.78. The Morgan fingerprint density at radius 2 is 2.05 bits per heavy atom. The van der Waals surface area contributed by atoms with E-state index >= 15 is 0 Å². The van der Waals surface area contributed by atoms with Gasteiger partial charge >= 0.3 is 0 Å². The second-order valence-corrected chi connectivity index (χ2v) is 4.70. The highest BCUT2D eigenvalue weighted by Crippen LogP contribution is 2.23. The first kappa shape index (κ1) is 13.4. The first-order chi connectivity index (χ1) is 9.08. The number of anilines is 1. The Hall–Kier alpha value is -2.05. The van der Waals surface area contributed by atoms with Crippen molar-refractivity contribution in [3.8, 4) is 6.07 Å². The zero-order valence-electron chi connectivity index (χ0n) is 10.4. The topological polar surface area (TPSA) is 35.8 Å². The highest BCUT2D eigenvalue weighted by atomic mass is 35.5. The van der Waals surface area contributed by atoms with Gasteiger partial charge in [0.1, 0.15) is 5.82 Å². The maximum Gasteiger partial charge on any atom is 0.124 e. The predicted molar refractivity (Wildman–Crippen MR) is 74.6 cm³/mol. The minimum absolute atomic E-state index is 0.312. The fourth-order valence-corrected chi connectivity index (χ4v) is 2.08. The second-order valence-electron chi connectivity index (χ2n) is 4.30. The number of rotatable bonds is 3. The Bertz CT molecular complexity index is 647. The van der Waals surface area contributed by atoms with E-state index in [4.69, 9.17) is 16.9 Å². The molecule has 0 saturated heterocycles. The summed E-state index contributed by atoms with van der Waals surface area (Å²) >= 11 is 6.10. The monoisotopic (exact) mass is 274 g/mol. The van der Waals surface area contributed by atoms with Gasteiger partial charge < -0.3 is 5.32 Å². The first-order valence-corrected chi connectivity index (χ1v) is 6.16. The van der Waals surface area contributed by atoms with E-state index < -0.39 is 5.82 Å². The maximum atomic E-state index is 13.3. The average Bonchev–Trinajstić information content (AvgIpc) is 2.37. The third-order valence-corrected chi connectivity index (χ3v) is 3.01. The molecule has 0 atom stereocenters. The summed E-state index contributed by atoms with van der Waals surface area (Å²) in [5, 5.41) is 12.5. The highest BCUT2D eigenvalue weighted by molar-refractivity contribution is 6.33. The predicted octanol–water partition coefficient (Wildman–Crippen LogP) is 4.27. The number of nitrogens with zero attached hydrogens (tertiary/aromatic N) is 1. The van der Waals surface area contributed by atoms with Crippen LogP contribution in [0, 0.1) is 24.1 Å². The molecule has 1 N–H and O–H groups in total. The lowest BCUT2D eigenvalue weighted by Gasteiger charge is -2.09. The lowest BCUT2D eigenvalue weighted by atomic mass is 10.1. The fraction of sp³-hybridized carbons (Fsp3) is 0.133. The molecule has 0 amide bonds. The third kappa shape index (κ3) is 3.46. The van der Waals surface area contributed by atoms with Crippen molar-refractivity contribution in [2.75, 3.05) is 5.32 Å². The number of nitriles is 1. The molecular weight excluding hydrogens is 263 g/mol. The van der Waals surface area contributed by atoms with Crippen LogP contribution >= 0.6 is 11.6 Å². The summed E-state index contributed by atoms with van der Waals surface area (Å²) in [6.45, 7) is 2.37. The van der Waals surface area contributed by atoms with Crippen LogP contribution in [0.1, 0.15) is 16.7 Å². The summed E-state index contributed by atoms with van der Waals surface area (Å²) in [5.74, 6) is -0.411. The van der Waals surface area contributed by atoms with E-state index in [2.05, 4.69) is 5.32 Å². The van der Waals surface area contributed by atoms with Gasteiger partial charge in [0.25, 0.3) is 0 Å². The van der Waals surface area contributed by atoms with Gasteiger partial charge in [-0.2, -0.15) is 5.26 Å². The number of hydrogen-bond acceptors (Lipinski definition) is 2. The minimum Gasteiger partial charge on any atom is -0.380 e. The van der Waals surface area contributed by atoms with Crippen molar-refractivity contribution in [2.45, 2.75) is 13.5 Å². The molecule has 0 aliphatic heterocycles. The van der Waals surface area contributed by atoms with E-state index in [-0.39, 0.29) is 0 Å². The Kier molecular flexibility index (Phi) is 4.03. The molecule has 4 heteroatoms. The molecule has 2 aromatic rings. The normalized spacial score (nSPS) is 10.0. The van der Waals surface area contributed by atoms with Gasteiger partial charge in [-0.25, -0.2) is 4.39 Å². The summed E-state index contributed by atoms with van der Waals surface area (Å²) in [7, 11) is 0. The molecule has 96 valence electrons. The molecular formula is C15H12ClFN2. The molecule has 2 rings (SSSR count). The lowest BCUT2D eigenvalue weighted by molar-refractivity contribution is 0.625. The molecule has 0 aliphatic carbocycles. The SMILES string of the molecule is Cc1ccc(NCc2cc(F)cc(C#N)c2)c(Cl)c1. The van der Waals surface area contributed by atoms with Gasteiger partial charge in [-0.3, -0.25) is 0 Å². The molecule has 0 bridgehead atoms. The van der Waals surface area contributed by atoms with E-state index in [1.54, 1.807) is 6.07 Å². The van der Waals surface area contributed by atoms with Crippen LogP contribution < -0.4 is 5.32 Å². The second kappa shape index (κ2) is 5.73. The van der Waals surface area contributed by atoms with Gasteiger partial charge in [0.15, 0.2) is 0 Å². The van der Waals surface area contributed by atoms with Crippen molar-refractivity contribution < 1.29 is 4.39 Å². The van der Waals surface area contributed by atoms with Gasteiger partial charge in [0.2, 0.25) is 0 Å². The molecule has 19 heavy (non-hydrogen) atoms. The van der Waals surface area contributed by atoms with Crippen molar-refractivity contribution in [2.24, 2.45) is 0 Å². The number of aryl methyl sites for hydroxylation is 1. The van der Waals surface area contributed by atoms with Gasteiger partial charge in [-0.05, 0) is 48.4 Å². The Balaban J connectivity index is 2.14. The average molecular weight is 275 g/mol. The molecule has 0 aliphatic rings. The van der Waals surface area contributed by atoms with Crippen molar-refractivity contribution >= 4 is 17.3 Å². The number of halogens is 2. The van der Waals surface area contributed by atoms with Gasteiger partial charge in [0.05, 0.1) is 22.3 Å². The van der Waals surface area contributed by atoms with Gasteiger partial charge in [-0.1, -0.05) is 17.7 Å². The first-order valence-electron chi connectivity index (χ1n) is 5.78. The standard InChI is InChI=1S/C15H12ClFN2/c1-10-2-3-15(14(16)4-10)19-9-12-5-11(8-18)6-13(17)7-12/h2-7,19H,9H2,1H3. The zero-order chi connectivity index (χ0) is 13.8. The maximum absolute atomic E-state index is 13.3. The molecule has 0 aromatic heterocycles. The molecule has 0 saturated carbocycles. The molecule has 0 radical (unpaired) electrons. The Morgan fingerprint density at radius 3 is 2.74 bits per heavy atom. The van der Waals surface area contributed by atoms with Crippen LogP contribution in [-0.4, -0.2) is 0 Å². The highest BCUT2D eigenvalue weighted by Gasteiger charge is 2.03. The summed E-state index contributed by atoms with van der Waals surface area (Å²) in [5.41, 5.74) is 2.88. The minimum atomic E-state index is -0.411. The molecule has 0 spiro atoms. The largest absolute Gasteiger partial charge is 0.380 e. The molecule has 2 aromatic carbocycles. The molecule has 0 heterocycles. The zero-order valence-corrected chi connectivity index (χ0v) is 11.1. The summed E-state index contributed by atoms with van der Waals surface area (Å²) in [6.07, 6.45) is 0. The quantitative estimate of drug-likeness (QED) is 0.907. The van der Waals surface area contributed by atoms with Crippen LogP contribution in [0.2, 0.25) is 5.02 Å². The van der Waals surface area contributed by atoms with Crippen LogP contribution in [0.3, 0.4) is 0 Å². The van der Waals surface area contributed by atoms with Crippen LogP contribution in [-0.2, 0) is 6.54 Å². The van der Waals surface area contributed by atoms with Gasteiger partial charge in [0, 0.05) is 6.54 Å². The number of hydrogen-bond donors (Lipinski definition) is 1. The van der Waals surface area contributed by atoms with Crippen LogP contribution in [0.5, 0.6) is 0 Å². The van der Waals surface area contributed by atoms with Crippen LogP contribution in [0.4, 0.5) is 10.1 Å². The summed E-state index contributed by atoms with van der Waals surface area (Å²) in [6, 6.07) is 11.9. The lowest BCUT2D eigenvalue weighted by Crippen LogP contribution is -2.01. The van der Waals surface area contributed by atoms with Crippen molar-refractivity contribution in [3.05, 3.63) is 63.9 Å². The van der Waals surface area contributed by atoms with Crippen LogP contribution in [0.25, 0.3) is 0 Å². The van der Waals surface area contributed by atoms with E-state index in [9.17, 15) is 4.39 Å². The number of nitrogens with one attached hydrogen (secondary N) is 1. The summed E-state index contributed by atoms with van der Waals surface area (Å²) < 4.78 is 13.3. The van der Waals surface area contributed by atoms with Crippen LogP contribution in [0.15, 0.2) is 36.4 Å². The van der Waals surface area contributed by atoms with Crippen molar-refractivity contribution in [3.63, 3.8) is 0 Å². The van der Waals surface area contributed by atoms with Gasteiger partial charge in [-0.15, -0.1) is 0 Å². The van der Waals surface area contributed by atoms with E-state index in [1.165, 1.54) is 12.1 Å². The molecule has 2 nitrogen and oxygen atoms in total. The van der Waals surface area contributed by atoms with E-state index in [1.807, 2.05) is 31.2 Å². The third-order valence-electron chi connectivity index (χ3n) is 2.69. The molecule has 0 unspecified atom stereocenters. The van der Waals surface area contributed by atoms with E-state index in [0.717, 1.165) is 11.3 Å². The van der Waals surface area contributed by atoms with E-state index in [0.29, 0.717) is 22.7 Å².